The van der Waals surface area contributed by atoms with E-state index < -0.39 is 0 Å². The zero-order valence-corrected chi connectivity index (χ0v) is 15.7. The molecule has 1 aliphatic heterocycles. The molecule has 0 amide bonds. The standard InChI is InChI=1S/C17H26N6S/c1-5-18-17(19-9-16-12(2)21-13(3)24-16)23-7-6-14(11-23)15-8-20-22(4)10-15/h8,10,14H,5-7,9,11H2,1-4H3,(H,18,19). The van der Waals surface area contributed by atoms with Gasteiger partial charge in [-0.25, -0.2) is 9.98 Å². The number of nitrogens with one attached hydrogen (secondary N) is 1. The molecule has 1 N–H and O–H groups in total. The van der Waals surface area contributed by atoms with Crippen molar-refractivity contribution in [1.29, 1.82) is 0 Å². The first-order valence-corrected chi connectivity index (χ1v) is 9.33. The van der Waals surface area contributed by atoms with Crippen LogP contribution >= 0.6 is 11.3 Å². The van der Waals surface area contributed by atoms with E-state index in [0.29, 0.717) is 12.5 Å². The van der Waals surface area contributed by atoms with E-state index in [0.717, 1.165) is 42.7 Å². The van der Waals surface area contributed by atoms with Crippen molar-refractivity contribution in [2.24, 2.45) is 12.0 Å². The Morgan fingerprint density at radius 2 is 2.29 bits per heavy atom. The van der Waals surface area contributed by atoms with Gasteiger partial charge < -0.3 is 10.2 Å². The van der Waals surface area contributed by atoms with Gasteiger partial charge in [0.05, 0.1) is 23.4 Å². The van der Waals surface area contributed by atoms with Gasteiger partial charge in [0.2, 0.25) is 0 Å². The Morgan fingerprint density at radius 3 is 2.92 bits per heavy atom. The lowest BCUT2D eigenvalue weighted by atomic mass is 10.0. The molecule has 130 valence electrons. The average Bonchev–Trinajstić information content (AvgIpc) is 3.24. The minimum absolute atomic E-state index is 0.537. The predicted molar refractivity (Wildman–Crippen MR) is 98.5 cm³/mol. The molecule has 0 spiro atoms. The van der Waals surface area contributed by atoms with Crippen LogP contribution in [0.1, 0.15) is 40.4 Å². The summed E-state index contributed by atoms with van der Waals surface area (Å²) in [6, 6.07) is 0. The second kappa shape index (κ2) is 7.34. The summed E-state index contributed by atoms with van der Waals surface area (Å²) in [6.45, 7) is 9.85. The third-order valence-corrected chi connectivity index (χ3v) is 5.45. The molecule has 0 saturated carbocycles. The van der Waals surface area contributed by atoms with Crippen LogP contribution in [0.3, 0.4) is 0 Å². The Morgan fingerprint density at radius 1 is 1.46 bits per heavy atom. The van der Waals surface area contributed by atoms with Crippen LogP contribution in [0.4, 0.5) is 0 Å². The highest BCUT2D eigenvalue weighted by Crippen LogP contribution is 2.27. The van der Waals surface area contributed by atoms with Gasteiger partial charge in [0, 0.05) is 43.7 Å². The third-order valence-electron chi connectivity index (χ3n) is 4.39. The Bertz CT molecular complexity index is 716. The number of likely N-dealkylation sites (tertiary alicyclic amines) is 1. The number of guanidine groups is 1. The van der Waals surface area contributed by atoms with E-state index >= 15 is 0 Å². The van der Waals surface area contributed by atoms with Crippen LogP contribution < -0.4 is 5.32 Å². The second-order valence-electron chi connectivity index (χ2n) is 6.29. The van der Waals surface area contributed by atoms with Crippen molar-refractivity contribution < 1.29 is 0 Å². The summed E-state index contributed by atoms with van der Waals surface area (Å²) in [5.41, 5.74) is 2.43. The lowest BCUT2D eigenvalue weighted by molar-refractivity contribution is 0.486. The van der Waals surface area contributed by atoms with E-state index in [2.05, 4.69) is 47.3 Å². The van der Waals surface area contributed by atoms with Crippen molar-refractivity contribution in [3.8, 4) is 0 Å². The van der Waals surface area contributed by atoms with Crippen molar-refractivity contribution in [1.82, 2.24) is 25.0 Å². The van der Waals surface area contributed by atoms with Gasteiger partial charge in [-0.3, -0.25) is 4.68 Å². The fourth-order valence-electron chi connectivity index (χ4n) is 3.17. The monoisotopic (exact) mass is 346 g/mol. The smallest absolute Gasteiger partial charge is 0.194 e. The molecule has 1 fully saturated rings. The zero-order chi connectivity index (χ0) is 17.1. The Labute approximate surface area is 147 Å². The molecular weight excluding hydrogens is 320 g/mol. The summed E-state index contributed by atoms with van der Waals surface area (Å²) < 4.78 is 1.88. The molecule has 1 saturated heterocycles. The zero-order valence-electron chi connectivity index (χ0n) is 14.9. The van der Waals surface area contributed by atoms with E-state index in [1.807, 2.05) is 17.9 Å². The van der Waals surface area contributed by atoms with Gasteiger partial charge in [-0.1, -0.05) is 0 Å². The Kier molecular flexibility index (Phi) is 5.18. The number of nitrogens with zero attached hydrogens (tertiary/aromatic N) is 5. The minimum atomic E-state index is 0.537. The molecule has 1 unspecified atom stereocenters. The normalized spacial score (nSPS) is 18.4. The van der Waals surface area contributed by atoms with Crippen LogP contribution in [-0.2, 0) is 13.6 Å². The number of rotatable bonds is 4. The van der Waals surface area contributed by atoms with Crippen molar-refractivity contribution in [3.05, 3.63) is 33.5 Å². The first kappa shape index (κ1) is 17.0. The maximum absolute atomic E-state index is 4.85. The highest BCUT2D eigenvalue weighted by Gasteiger charge is 2.26. The van der Waals surface area contributed by atoms with Gasteiger partial charge in [0.15, 0.2) is 5.96 Å². The first-order valence-electron chi connectivity index (χ1n) is 8.51. The molecule has 24 heavy (non-hydrogen) atoms. The minimum Gasteiger partial charge on any atom is -0.357 e. The first-order chi connectivity index (χ1) is 11.6. The third kappa shape index (κ3) is 3.77. The fourth-order valence-corrected chi connectivity index (χ4v) is 4.03. The quantitative estimate of drug-likeness (QED) is 0.682. The van der Waals surface area contributed by atoms with Crippen LogP contribution in [0.25, 0.3) is 0 Å². The number of aromatic nitrogens is 3. The number of hydrogen-bond acceptors (Lipinski definition) is 4. The molecule has 7 heteroatoms. The molecule has 0 bridgehead atoms. The van der Waals surface area contributed by atoms with Crippen molar-refractivity contribution in [2.75, 3.05) is 19.6 Å². The van der Waals surface area contributed by atoms with Gasteiger partial charge in [0.1, 0.15) is 0 Å². The van der Waals surface area contributed by atoms with Gasteiger partial charge in [-0.2, -0.15) is 5.10 Å². The Balaban J connectivity index is 1.69. The van der Waals surface area contributed by atoms with Crippen LogP contribution in [0.15, 0.2) is 17.4 Å². The second-order valence-corrected chi connectivity index (χ2v) is 7.58. The van der Waals surface area contributed by atoms with Crippen molar-refractivity contribution in [3.63, 3.8) is 0 Å². The number of hydrogen-bond donors (Lipinski definition) is 1. The molecule has 1 aliphatic rings. The summed E-state index contributed by atoms with van der Waals surface area (Å²) in [7, 11) is 1.97. The van der Waals surface area contributed by atoms with Gasteiger partial charge in [-0.15, -0.1) is 11.3 Å². The van der Waals surface area contributed by atoms with Gasteiger partial charge >= 0.3 is 0 Å². The Hall–Kier alpha value is -1.89. The highest BCUT2D eigenvalue weighted by molar-refractivity contribution is 7.11. The van der Waals surface area contributed by atoms with E-state index in [9.17, 15) is 0 Å². The van der Waals surface area contributed by atoms with E-state index in [4.69, 9.17) is 4.99 Å². The van der Waals surface area contributed by atoms with Crippen LogP contribution in [-0.4, -0.2) is 45.3 Å². The lowest BCUT2D eigenvalue weighted by Gasteiger charge is -2.21. The summed E-state index contributed by atoms with van der Waals surface area (Å²) in [5, 5.41) is 8.85. The number of aliphatic imine (C=N–C) groups is 1. The van der Waals surface area contributed by atoms with Gasteiger partial charge in [-0.05, 0) is 32.8 Å². The van der Waals surface area contributed by atoms with E-state index in [1.165, 1.54) is 10.4 Å². The summed E-state index contributed by atoms with van der Waals surface area (Å²) in [5.74, 6) is 1.55. The highest BCUT2D eigenvalue weighted by atomic mass is 32.1. The van der Waals surface area contributed by atoms with E-state index in [-0.39, 0.29) is 0 Å². The molecule has 0 radical (unpaired) electrons. The molecular formula is C17H26N6S. The van der Waals surface area contributed by atoms with Gasteiger partial charge in [0.25, 0.3) is 0 Å². The fraction of sp³-hybridized carbons (Fsp3) is 0.588. The largest absolute Gasteiger partial charge is 0.357 e. The summed E-state index contributed by atoms with van der Waals surface area (Å²) >= 11 is 1.74. The van der Waals surface area contributed by atoms with Crippen LogP contribution in [0.5, 0.6) is 0 Å². The average molecular weight is 347 g/mol. The molecule has 6 nitrogen and oxygen atoms in total. The molecule has 0 aliphatic carbocycles. The van der Waals surface area contributed by atoms with Crippen molar-refractivity contribution in [2.45, 2.75) is 39.7 Å². The summed E-state index contributed by atoms with van der Waals surface area (Å²) in [4.78, 5) is 13.0. The maximum Gasteiger partial charge on any atom is 0.194 e. The number of thiazole rings is 1. The molecule has 3 heterocycles. The maximum atomic E-state index is 4.85. The number of aryl methyl sites for hydroxylation is 3. The van der Waals surface area contributed by atoms with Crippen LogP contribution in [0, 0.1) is 13.8 Å². The lowest BCUT2D eigenvalue weighted by Crippen LogP contribution is -2.40. The summed E-state index contributed by atoms with van der Waals surface area (Å²) in [6.07, 6.45) is 5.26. The van der Waals surface area contributed by atoms with E-state index in [1.54, 1.807) is 11.3 Å². The predicted octanol–water partition coefficient (Wildman–Crippen LogP) is 2.45. The van der Waals surface area contributed by atoms with Crippen LogP contribution in [0.2, 0.25) is 0 Å². The topological polar surface area (TPSA) is 58.3 Å². The SMILES string of the molecule is CCNC(=NCc1sc(C)nc1C)N1CCC(c2cnn(C)c2)C1. The molecule has 2 aromatic heterocycles. The van der Waals surface area contributed by atoms with Crippen molar-refractivity contribution >= 4 is 17.3 Å². The molecule has 0 aromatic carbocycles. The molecule has 3 rings (SSSR count). The molecule has 1 atom stereocenters. The molecule has 2 aromatic rings.